The SMILES string of the molecule is O=C(N[C@@H]1CCOC[C@@H]1C(=O)NO)c1ccc(Cc2c(C3CCC3)nc3ccccn23)cc1. The smallest absolute Gasteiger partial charge is 0.251 e. The van der Waals surface area contributed by atoms with E-state index in [0.717, 1.165) is 17.6 Å². The van der Waals surface area contributed by atoms with Gasteiger partial charge >= 0.3 is 0 Å². The summed E-state index contributed by atoms with van der Waals surface area (Å²) in [5, 5.41) is 11.9. The number of hydroxylamine groups is 1. The number of rotatable bonds is 6. The van der Waals surface area contributed by atoms with Crippen LogP contribution in [-0.2, 0) is 16.0 Å². The van der Waals surface area contributed by atoms with Gasteiger partial charge in [0.05, 0.1) is 23.9 Å². The monoisotopic (exact) mass is 448 g/mol. The van der Waals surface area contributed by atoms with E-state index in [-0.39, 0.29) is 18.6 Å². The lowest BCUT2D eigenvalue weighted by atomic mass is 9.81. The van der Waals surface area contributed by atoms with Crippen molar-refractivity contribution in [3.8, 4) is 0 Å². The molecule has 2 amide bonds. The number of fused-ring (bicyclic) bond motifs is 1. The van der Waals surface area contributed by atoms with Gasteiger partial charge < -0.3 is 14.5 Å². The van der Waals surface area contributed by atoms with Crippen LogP contribution in [0.2, 0.25) is 0 Å². The van der Waals surface area contributed by atoms with Crippen molar-refractivity contribution in [1.29, 1.82) is 0 Å². The van der Waals surface area contributed by atoms with Crippen molar-refractivity contribution in [1.82, 2.24) is 20.2 Å². The standard InChI is InChI=1S/C25H28N4O4/c30-24(26-20-11-13-33-15-19(20)25(31)28-32)18-9-7-16(8-10-18)14-21-23(17-4-3-5-17)27-22-6-1-2-12-29(21)22/h1-2,6-10,12,17,19-20,32H,3-5,11,13-15H2,(H,26,30)(H,28,31)/t19-,20+/m0/s1. The highest BCUT2D eigenvalue weighted by Crippen LogP contribution is 2.38. The number of nitrogens with one attached hydrogen (secondary N) is 2. The average molecular weight is 449 g/mol. The number of nitrogens with zero attached hydrogens (tertiary/aromatic N) is 2. The molecule has 3 heterocycles. The van der Waals surface area contributed by atoms with Gasteiger partial charge in [-0.3, -0.25) is 14.8 Å². The van der Waals surface area contributed by atoms with Crippen molar-refractivity contribution in [3.05, 3.63) is 71.2 Å². The topological polar surface area (TPSA) is 105 Å². The van der Waals surface area contributed by atoms with E-state index in [0.29, 0.717) is 24.5 Å². The van der Waals surface area contributed by atoms with E-state index in [1.54, 1.807) is 5.48 Å². The molecule has 8 heteroatoms. The molecule has 0 unspecified atom stereocenters. The van der Waals surface area contributed by atoms with Gasteiger partial charge in [0, 0.05) is 36.7 Å². The van der Waals surface area contributed by atoms with Gasteiger partial charge in [-0.2, -0.15) is 0 Å². The molecule has 2 aromatic heterocycles. The summed E-state index contributed by atoms with van der Waals surface area (Å²) in [6.45, 7) is 0.626. The highest BCUT2D eigenvalue weighted by molar-refractivity contribution is 5.95. The van der Waals surface area contributed by atoms with Gasteiger partial charge in [0.2, 0.25) is 0 Å². The van der Waals surface area contributed by atoms with Gasteiger partial charge in [-0.15, -0.1) is 0 Å². The Labute approximate surface area is 191 Å². The number of carbonyl (C=O) groups is 2. The van der Waals surface area contributed by atoms with Crippen LogP contribution in [0.1, 0.15) is 58.9 Å². The third-order valence-electron chi connectivity index (χ3n) is 6.86. The van der Waals surface area contributed by atoms with Crippen LogP contribution in [-0.4, -0.2) is 45.7 Å². The summed E-state index contributed by atoms with van der Waals surface area (Å²) in [4.78, 5) is 29.6. The van der Waals surface area contributed by atoms with Crippen molar-refractivity contribution in [2.24, 2.45) is 5.92 Å². The maximum Gasteiger partial charge on any atom is 0.251 e. The van der Waals surface area contributed by atoms with Gasteiger partial charge in [0.1, 0.15) is 5.65 Å². The van der Waals surface area contributed by atoms with E-state index in [1.807, 2.05) is 42.5 Å². The van der Waals surface area contributed by atoms with E-state index < -0.39 is 11.8 Å². The lowest BCUT2D eigenvalue weighted by Crippen LogP contribution is -2.51. The van der Waals surface area contributed by atoms with E-state index in [4.69, 9.17) is 14.9 Å². The minimum absolute atomic E-state index is 0.166. The Kier molecular flexibility index (Phi) is 6.11. The molecular formula is C25H28N4O4. The number of pyridine rings is 1. The van der Waals surface area contributed by atoms with Crippen LogP contribution in [0.5, 0.6) is 0 Å². The molecule has 0 radical (unpaired) electrons. The normalized spacial score (nSPS) is 20.9. The van der Waals surface area contributed by atoms with E-state index in [2.05, 4.69) is 15.9 Å². The molecule has 172 valence electrons. The van der Waals surface area contributed by atoms with Crippen LogP contribution < -0.4 is 10.8 Å². The van der Waals surface area contributed by atoms with Crippen molar-refractivity contribution in [2.75, 3.05) is 13.2 Å². The van der Waals surface area contributed by atoms with Crippen molar-refractivity contribution >= 4 is 17.5 Å². The maximum atomic E-state index is 12.8. The molecule has 3 aromatic rings. The van der Waals surface area contributed by atoms with Crippen LogP contribution in [0.4, 0.5) is 0 Å². The second-order valence-electron chi connectivity index (χ2n) is 8.90. The van der Waals surface area contributed by atoms with Crippen LogP contribution in [0.25, 0.3) is 5.65 Å². The van der Waals surface area contributed by atoms with Crippen LogP contribution >= 0.6 is 0 Å². The summed E-state index contributed by atoms with van der Waals surface area (Å²) < 4.78 is 7.50. The average Bonchev–Trinajstić information content (AvgIpc) is 3.16. The fraction of sp³-hybridized carbons (Fsp3) is 0.400. The first kappa shape index (κ1) is 21.6. The number of benzene rings is 1. The predicted molar refractivity (Wildman–Crippen MR) is 121 cm³/mol. The fourth-order valence-corrected chi connectivity index (χ4v) is 4.72. The Balaban J connectivity index is 1.31. The largest absolute Gasteiger partial charge is 0.380 e. The molecule has 1 saturated heterocycles. The Morgan fingerprint density at radius 2 is 1.94 bits per heavy atom. The maximum absolute atomic E-state index is 12.8. The van der Waals surface area contributed by atoms with Gasteiger partial charge in [0.25, 0.3) is 11.8 Å². The van der Waals surface area contributed by atoms with E-state index in [9.17, 15) is 9.59 Å². The van der Waals surface area contributed by atoms with Gasteiger partial charge in [-0.25, -0.2) is 10.5 Å². The van der Waals surface area contributed by atoms with E-state index >= 15 is 0 Å². The van der Waals surface area contributed by atoms with Crippen molar-refractivity contribution in [2.45, 2.75) is 44.1 Å². The lowest BCUT2D eigenvalue weighted by Gasteiger charge is -2.30. The minimum Gasteiger partial charge on any atom is -0.380 e. The lowest BCUT2D eigenvalue weighted by molar-refractivity contribution is -0.138. The zero-order valence-corrected chi connectivity index (χ0v) is 18.4. The summed E-state index contributed by atoms with van der Waals surface area (Å²) in [7, 11) is 0. The number of hydrogen-bond donors (Lipinski definition) is 3. The Morgan fingerprint density at radius 3 is 2.67 bits per heavy atom. The van der Waals surface area contributed by atoms with Gasteiger partial charge in [-0.1, -0.05) is 24.6 Å². The molecule has 1 aliphatic carbocycles. The summed E-state index contributed by atoms with van der Waals surface area (Å²) in [5.74, 6) is -0.875. The molecule has 2 atom stereocenters. The Bertz CT molecular complexity index is 1150. The number of aromatic nitrogens is 2. The molecule has 8 nitrogen and oxygen atoms in total. The third kappa shape index (κ3) is 4.36. The summed E-state index contributed by atoms with van der Waals surface area (Å²) in [5.41, 5.74) is 6.69. The highest BCUT2D eigenvalue weighted by atomic mass is 16.5. The third-order valence-corrected chi connectivity index (χ3v) is 6.86. The molecule has 2 aliphatic rings. The van der Waals surface area contributed by atoms with Crippen molar-refractivity contribution in [3.63, 3.8) is 0 Å². The number of imidazole rings is 1. The summed E-state index contributed by atoms with van der Waals surface area (Å²) >= 11 is 0. The first-order valence-electron chi connectivity index (χ1n) is 11.5. The molecule has 0 spiro atoms. The minimum atomic E-state index is -0.618. The second kappa shape index (κ2) is 9.33. The number of hydrogen-bond acceptors (Lipinski definition) is 5. The fourth-order valence-electron chi connectivity index (χ4n) is 4.72. The summed E-state index contributed by atoms with van der Waals surface area (Å²) in [6.07, 6.45) is 6.97. The molecule has 0 bridgehead atoms. The van der Waals surface area contributed by atoms with E-state index in [1.165, 1.54) is 30.7 Å². The zero-order valence-electron chi connectivity index (χ0n) is 18.4. The van der Waals surface area contributed by atoms with Crippen LogP contribution in [0, 0.1) is 5.92 Å². The first-order valence-corrected chi connectivity index (χ1v) is 11.5. The molecule has 1 aliphatic heterocycles. The Hall–Kier alpha value is -3.23. The Morgan fingerprint density at radius 1 is 1.12 bits per heavy atom. The predicted octanol–water partition coefficient (Wildman–Crippen LogP) is 2.83. The molecular weight excluding hydrogens is 420 g/mol. The summed E-state index contributed by atoms with van der Waals surface area (Å²) in [6, 6.07) is 13.3. The van der Waals surface area contributed by atoms with Gasteiger partial charge in [-0.05, 0) is 49.1 Å². The van der Waals surface area contributed by atoms with Gasteiger partial charge in [0.15, 0.2) is 0 Å². The zero-order chi connectivity index (χ0) is 22.8. The highest BCUT2D eigenvalue weighted by Gasteiger charge is 2.33. The molecule has 1 aromatic carbocycles. The quantitative estimate of drug-likeness (QED) is 0.397. The number of carbonyl (C=O) groups excluding carboxylic acids is 2. The molecule has 5 rings (SSSR count). The van der Waals surface area contributed by atoms with Crippen LogP contribution in [0.3, 0.4) is 0 Å². The second-order valence-corrected chi connectivity index (χ2v) is 8.90. The number of amides is 2. The first-order chi connectivity index (χ1) is 16.1. The molecule has 1 saturated carbocycles. The van der Waals surface area contributed by atoms with Crippen LogP contribution in [0.15, 0.2) is 48.7 Å². The molecule has 33 heavy (non-hydrogen) atoms. The molecule has 2 fully saturated rings. The number of ether oxygens (including phenoxy) is 1. The van der Waals surface area contributed by atoms with Crippen molar-refractivity contribution < 1.29 is 19.5 Å². The molecule has 3 N–H and O–H groups in total.